The van der Waals surface area contributed by atoms with E-state index in [-0.39, 0.29) is 17.5 Å². The minimum Gasteiger partial charge on any atom is -0.462 e. The van der Waals surface area contributed by atoms with E-state index in [1.165, 1.54) is 12.8 Å². The van der Waals surface area contributed by atoms with Crippen LogP contribution in [0.5, 0.6) is 0 Å². The fraction of sp³-hybridized carbons (Fsp3) is 0.917. The summed E-state index contributed by atoms with van der Waals surface area (Å²) in [5.41, 5.74) is -0.168. The normalized spacial score (nSPS) is 24.1. The second-order valence-corrected chi connectivity index (χ2v) is 4.83. The number of ether oxygens (including phenoxy) is 2. The van der Waals surface area contributed by atoms with Crippen molar-refractivity contribution >= 4 is 5.97 Å². The van der Waals surface area contributed by atoms with Crippen molar-refractivity contribution < 1.29 is 14.3 Å². The first-order valence-corrected chi connectivity index (χ1v) is 5.97. The summed E-state index contributed by atoms with van der Waals surface area (Å²) in [5, 5.41) is 0. The van der Waals surface area contributed by atoms with E-state index in [1.54, 1.807) is 7.11 Å². The highest BCUT2D eigenvalue weighted by atomic mass is 16.5. The molecule has 3 heteroatoms. The Morgan fingerprint density at radius 3 is 2.53 bits per heavy atom. The molecule has 2 rings (SSSR count). The molecule has 0 bridgehead atoms. The Balaban J connectivity index is 1.79. The van der Waals surface area contributed by atoms with Crippen LogP contribution in [0.3, 0.4) is 0 Å². The quantitative estimate of drug-likeness (QED) is 0.656. The van der Waals surface area contributed by atoms with E-state index < -0.39 is 0 Å². The zero-order chi connectivity index (χ0) is 10.7. The molecule has 2 aliphatic carbocycles. The van der Waals surface area contributed by atoms with Crippen LogP contribution in [0.25, 0.3) is 0 Å². The Morgan fingerprint density at radius 2 is 2.00 bits per heavy atom. The highest BCUT2D eigenvalue weighted by molar-refractivity contribution is 5.80. The predicted molar refractivity (Wildman–Crippen MR) is 56.5 cm³/mol. The van der Waals surface area contributed by atoms with E-state index in [9.17, 15) is 4.79 Å². The summed E-state index contributed by atoms with van der Waals surface area (Å²) in [6, 6.07) is 0. The van der Waals surface area contributed by atoms with Crippen LogP contribution in [0.4, 0.5) is 0 Å². The molecule has 15 heavy (non-hydrogen) atoms. The highest BCUT2D eigenvalue weighted by Crippen LogP contribution is 2.50. The van der Waals surface area contributed by atoms with Gasteiger partial charge in [0.15, 0.2) is 0 Å². The molecule has 0 atom stereocenters. The minimum atomic E-state index is -0.168. The first kappa shape index (κ1) is 10.9. The number of hydrogen-bond acceptors (Lipinski definition) is 3. The molecule has 0 unspecified atom stereocenters. The largest absolute Gasteiger partial charge is 0.462 e. The van der Waals surface area contributed by atoms with E-state index >= 15 is 0 Å². The molecule has 86 valence electrons. The average Bonchev–Trinajstić information content (AvgIpc) is 2.87. The molecule has 2 saturated carbocycles. The molecule has 0 aromatic carbocycles. The topological polar surface area (TPSA) is 35.5 Å². The monoisotopic (exact) mass is 212 g/mol. The molecule has 0 aromatic heterocycles. The summed E-state index contributed by atoms with van der Waals surface area (Å²) in [7, 11) is 1.68. The van der Waals surface area contributed by atoms with Gasteiger partial charge in [0.05, 0.1) is 5.41 Å². The van der Waals surface area contributed by atoms with Crippen molar-refractivity contribution in [1.82, 2.24) is 0 Å². The molecular weight excluding hydrogens is 192 g/mol. The summed E-state index contributed by atoms with van der Waals surface area (Å²) < 4.78 is 10.6. The van der Waals surface area contributed by atoms with E-state index in [2.05, 4.69) is 0 Å². The zero-order valence-electron chi connectivity index (χ0n) is 9.46. The average molecular weight is 212 g/mol. The van der Waals surface area contributed by atoms with Gasteiger partial charge in [-0.05, 0) is 44.9 Å². The summed E-state index contributed by atoms with van der Waals surface area (Å²) in [5.74, 6) is 0.0338. The highest BCUT2D eigenvalue weighted by Gasteiger charge is 2.51. The van der Waals surface area contributed by atoms with Crippen LogP contribution in [0.2, 0.25) is 0 Å². The van der Waals surface area contributed by atoms with Crippen LogP contribution < -0.4 is 0 Å². The Kier molecular flexibility index (Phi) is 3.29. The van der Waals surface area contributed by atoms with E-state index in [0.717, 1.165) is 32.1 Å². The Morgan fingerprint density at radius 1 is 1.33 bits per heavy atom. The Bertz CT molecular complexity index is 227. The molecule has 3 nitrogen and oxygen atoms in total. The first-order chi connectivity index (χ1) is 7.27. The lowest BCUT2D eigenvalue weighted by atomic mass is 10.0. The maximum atomic E-state index is 11.9. The number of esters is 1. The molecule has 2 fully saturated rings. The second kappa shape index (κ2) is 4.52. The predicted octanol–water partition coefficient (Wildman–Crippen LogP) is 2.29. The van der Waals surface area contributed by atoms with Gasteiger partial charge >= 0.3 is 5.97 Å². The van der Waals surface area contributed by atoms with Crippen LogP contribution in [0.1, 0.15) is 44.9 Å². The molecular formula is C12H20O3. The van der Waals surface area contributed by atoms with Crippen molar-refractivity contribution in [1.29, 1.82) is 0 Å². The van der Waals surface area contributed by atoms with E-state index in [0.29, 0.717) is 6.61 Å². The Hall–Kier alpha value is -0.570. The standard InChI is InChI=1S/C12H20O3/c1-14-9-8-12(6-7-12)11(13)15-10-4-2-3-5-10/h10H,2-9H2,1H3. The van der Waals surface area contributed by atoms with Crippen molar-refractivity contribution in [3.63, 3.8) is 0 Å². The molecule has 0 aliphatic heterocycles. The van der Waals surface area contributed by atoms with Crippen molar-refractivity contribution in [3.8, 4) is 0 Å². The van der Waals surface area contributed by atoms with Gasteiger partial charge in [0, 0.05) is 13.7 Å². The molecule has 0 amide bonds. The smallest absolute Gasteiger partial charge is 0.312 e. The van der Waals surface area contributed by atoms with Gasteiger partial charge in [-0.2, -0.15) is 0 Å². The fourth-order valence-corrected chi connectivity index (χ4v) is 2.29. The summed E-state index contributed by atoms with van der Waals surface area (Å²) >= 11 is 0. The number of hydrogen-bond donors (Lipinski definition) is 0. The molecule has 0 saturated heterocycles. The van der Waals surface area contributed by atoms with Crippen molar-refractivity contribution in [2.45, 2.75) is 51.0 Å². The van der Waals surface area contributed by atoms with E-state index in [4.69, 9.17) is 9.47 Å². The molecule has 2 aliphatic rings. The lowest BCUT2D eigenvalue weighted by Crippen LogP contribution is -2.25. The summed E-state index contributed by atoms with van der Waals surface area (Å²) in [6.07, 6.45) is 7.56. The lowest BCUT2D eigenvalue weighted by molar-refractivity contribution is -0.156. The van der Waals surface area contributed by atoms with Crippen LogP contribution in [0, 0.1) is 5.41 Å². The second-order valence-electron chi connectivity index (χ2n) is 4.83. The van der Waals surface area contributed by atoms with Crippen LogP contribution >= 0.6 is 0 Å². The van der Waals surface area contributed by atoms with Crippen LogP contribution in [0.15, 0.2) is 0 Å². The number of methoxy groups -OCH3 is 1. The van der Waals surface area contributed by atoms with Gasteiger partial charge in [-0.3, -0.25) is 4.79 Å². The SMILES string of the molecule is COCCC1(C(=O)OC2CCCC2)CC1. The molecule has 0 heterocycles. The maximum absolute atomic E-state index is 11.9. The Labute approximate surface area is 91.1 Å². The number of carbonyl (C=O) groups excluding carboxylic acids is 1. The van der Waals surface area contributed by atoms with Crippen molar-refractivity contribution in [3.05, 3.63) is 0 Å². The summed E-state index contributed by atoms with van der Waals surface area (Å²) in [6.45, 7) is 0.666. The third-order valence-corrected chi connectivity index (χ3v) is 3.65. The van der Waals surface area contributed by atoms with Crippen LogP contribution in [-0.4, -0.2) is 25.8 Å². The van der Waals surface area contributed by atoms with Gasteiger partial charge in [0.1, 0.15) is 6.10 Å². The third-order valence-electron chi connectivity index (χ3n) is 3.65. The molecule has 0 spiro atoms. The van der Waals surface area contributed by atoms with Gasteiger partial charge in [-0.15, -0.1) is 0 Å². The number of carbonyl (C=O) groups is 1. The van der Waals surface area contributed by atoms with Gasteiger partial charge in [-0.1, -0.05) is 0 Å². The van der Waals surface area contributed by atoms with E-state index in [1.807, 2.05) is 0 Å². The van der Waals surface area contributed by atoms with Gasteiger partial charge in [-0.25, -0.2) is 0 Å². The third kappa shape index (κ3) is 2.51. The van der Waals surface area contributed by atoms with Gasteiger partial charge in [0.25, 0.3) is 0 Å². The van der Waals surface area contributed by atoms with Gasteiger partial charge in [0.2, 0.25) is 0 Å². The molecule has 0 N–H and O–H groups in total. The van der Waals surface area contributed by atoms with Gasteiger partial charge < -0.3 is 9.47 Å². The zero-order valence-corrected chi connectivity index (χ0v) is 9.46. The maximum Gasteiger partial charge on any atom is 0.312 e. The minimum absolute atomic E-state index is 0.0338. The fourth-order valence-electron chi connectivity index (χ4n) is 2.29. The lowest BCUT2D eigenvalue weighted by Gasteiger charge is -2.17. The van der Waals surface area contributed by atoms with Crippen molar-refractivity contribution in [2.75, 3.05) is 13.7 Å². The van der Waals surface area contributed by atoms with Crippen LogP contribution in [-0.2, 0) is 14.3 Å². The molecule has 0 aromatic rings. The molecule has 0 radical (unpaired) electrons. The summed E-state index contributed by atoms with van der Waals surface area (Å²) in [4.78, 5) is 11.9. The first-order valence-electron chi connectivity index (χ1n) is 5.97. The number of rotatable bonds is 5. The van der Waals surface area contributed by atoms with Crippen molar-refractivity contribution in [2.24, 2.45) is 5.41 Å².